The summed E-state index contributed by atoms with van der Waals surface area (Å²) >= 11 is 1.06. The lowest BCUT2D eigenvalue weighted by atomic mass is 10.1. The number of H-pyrrole nitrogens is 1. The minimum Gasteiger partial charge on any atom is -0.325 e. The van der Waals surface area contributed by atoms with Crippen LogP contribution in [0, 0.1) is 12.7 Å². The van der Waals surface area contributed by atoms with Crippen molar-refractivity contribution in [1.82, 2.24) is 15.2 Å². The number of thioether (sulfide) groups is 1. The molecule has 8 heteroatoms. The highest BCUT2D eigenvalue weighted by molar-refractivity contribution is 7.99. The van der Waals surface area contributed by atoms with Crippen molar-refractivity contribution in [2.24, 2.45) is 0 Å². The Morgan fingerprint density at radius 3 is 2.46 bits per heavy atom. The van der Waals surface area contributed by atoms with Gasteiger partial charge in [-0.2, -0.15) is 0 Å². The molecule has 1 amide bonds. The van der Waals surface area contributed by atoms with Gasteiger partial charge in [0.15, 0.2) is 10.9 Å². The first-order valence-corrected chi connectivity index (χ1v) is 8.72. The monoisotopic (exact) mass is 370 g/mol. The summed E-state index contributed by atoms with van der Waals surface area (Å²) in [5, 5.41) is 10.8. The van der Waals surface area contributed by atoms with Gasteiger partial charge in [-0.1, -0.05) is 41.6 Å². The number of carbonyl (C=O) groups excluding carboxylic acids is 1. The third-order valence-electron chi connectivity index (χ3n) is 3.47. The quantitative estimate of drug-likeness (QED) is 0.674. The van der Waals surface area contributed by atoms with Crippen molar-refractivity contribution in [2.75, 3.05) is 11.1 Å². The molecule has 0 bridgehead atoms. The van der Waals surface area contributed by atoms with Gasteiger partial charge in [-0.15, -0.1) is 10.2 Å². The zero-order valence-electron chi connectivity index (χ0n) is 13.8. The van der Waals surface area contributed by atoms with Gasteiger partial charge in [0.2, 0.25) is 5.91 Å². The zero-order chi connectivity index (χ0) is 18.5. The van der Waals surface area contributed by atoms with Crippen molar-refractivity contribution >= 4 is 23.4 Å². The van der Waals surface area contributed by atoms with Crippen LogP contribution in [0.2, 0.25) is 0 Å². The number of nitrogens with zero attached hydrogens (tertiary/aromatic N) is 2. The average Bonchev–Trinajstić information content (AvgIpc) is 2.63. The fourth-order valence-corrected chi connectivity index (χ4v) is 2.75. The molecule has 3 rings (SSSR count). The van der Waals surface area contributed by atoms with Gasteiger partial charge in [-0.3, -0.25) is 14.6 Å². The van der Waals surface area contributed by atoms with Gasteiger partial charge in [0.25, 0.3) is 5.56 Å². The number of anilines is 1. The molecule has 0 saturated heterocycles. The molecule has 0 aliphatic rings. The molecule has 0 unspecified atom stereocenters. The number of rotatable bonds is 5. The van der Waals surface area contributed by atoms with Crippen molar-refractivity contribution in [2.45, 2.75) is 12.1 Å². The first-order chi connectivity index (χ1) is 12.5. The second kappa shape index (κ2) is 7.92. The third-order valence-corrected chi connectivity index (χ3v) is 4.33. The second-order valence-electron chi connectivity index (χ2n) is 5.52. The van der Waals surface area contributed by atoms with E-state index in [2.05, 4.69) is 20.5 Å². The van der Waals surface area contributed by atoms with Gasteiger partial charge in [-0.05, 0) is 31.2 Å². The molecule has 2 aromatic carbocycles. The zero-order valence-corrected chi connectivity index (χ0v) is 14.6. The number of amides is 1. The highest BCUT2D eigenvalue weighted by Crippen LogP contribution is 2.16. The lowest BCUT2D eigenvalue weighted by molar-refractivity contribution is -0.113. The number of benzene rings is 2. The molecule has 1 heterocycles. The molecule has 0 saturated carbocycles. The molecule has 26 heavy (non-hydrogen) atoms. The van der Waals surface area contributed by atoms with Crippen LogP contribution in [0.3, 0.4) is 0 Å². The van der Waals surface area contributed by atoms with Crippen molar-refractivity contribution in [3.05, 3.63) is 70.3 Å². The summed E-state index contributed by atoms with van der Waals surface area (Å²) in [5.41, 5.74) is 2.11. The summed E-state index contributed by atoms with van der Waals surface area (Å²) in [6.07, 6.45) is 0. The van der Waals surface area contributed by atoms with Crippen molar-refractivity contribution in [3.63, 3.8) is 0 Å². The summed E-state index contributed by atoms with van der Waals surface area (Å²) in [4.78, 5) is 26.7. The molecule has 0 aliphatic carbocycles. The number of carbonyl (C=O) groups is 1. The number of aromatic nitrogens is 3. The van der Waals surface area contributed by atoms with Crippen molar-refractivity contribution in [1.29, 1.82) is 0 Å². The van der Waals surface area contributed by atoms with Crippen LogP contribution in [0.5, 0.6) is 0 Å². The molecule has 0 atom stereocenters. The Morgan fingerprint density at radius 1 is 1.12 bits per heavy atom. The summed E-state index contributed by atoms with van der Waals surface area (Å²) in [5.74, 6) is -0.642. The maximum Gasteiger partial charge on any atom is 0.278 e. The first kappa shape index (κ1) is 17.8. The molecule has 0 fully saturated rings. The van der Waals surface area contributed by atoms with Gasteiger partial charge in [-0.25, -0.2) is 4.39 Å². The summed E-state index contributed by atoms with van der Waals surface area (Å²) < 4.78 is 12.8. The Bertz CT molecular complexity index is 972. The number of aromatic amines is 1. The molecule has 0 spiro atoms. The fraction of sp³-hybridized carbons (Fsp3) is 0.111. The number of hydrogen-bond donors (Lipinski definition) is 2. The predicted molar refractivity (Wildman–Crippen MR) is 98.6 cm³/mol. The maximum atomic E-state index is 12.8. The van der Waals surface area contributed by atoms with E-state index in [9.17, 15) is 14.0 Å². The van der Waals surface area contributed by atoms with Gasteiger partial charge >= 0.3 is 0 Å². The third kappa shape index (κ3) is 4.54. The largest absolute Gasteiger partial charge is 0.325 e. The predicted octanol–water partition coefficient (Wildman–Crippen LogP) is 3.01. The molecule has 1 aromatic heterocycles. The fourth-order valence-electron chi connectivity index (χ4n) is 2.15. The molecule has 2 N–H and O–H groups in total. The highest BCUT2D eigenvalue weighted by Gasteiger charge is 2.10. The number of aryl methyl sites for hydroxylation is 1. The number of nitrogens with one attached hydrogen (secondary N) is 2. The molecule has 3 aromatic rings. The molecular formula is C18H15FN4O2S. The maximum absolute atomic E-state index is 12.8. The minimum atomic E-state index is -0.376. The standard InChI is InChI=1S/C18H15FN4O2S/c1-11-2-4-12(5-3-11)16-17(25)21-18(23-22-16)26-10-15(24)20-14-8-6-13(19)7-9-14/h2-9H,10H2,1H3,(H,20,24)(H,21,23,25). The van der Waals surface area contributed by atoms with E-state index in [0.717, 1.165) is 17.3 Å². The summed E-state index contributed by atoms with van der Waals surface area (Å²) in [7, 11) is 0. The van der Waals surface area contributed by atoms with E-state index in [0.29, 0.717) is 11.3 Å². The average molecular weight is 370 g/mol. The Balaban J connectivity index is 1.62. The topological polar surface area (TPSA) is 87.7 Å². The van der Waals surface area contributed by atoms with E-state index in [1.54, 1.807) is 12.1 Å². The Hall–Kier alpha value is -3.00. The molecule has 132 valence electrons. The van der Waals surface area contributed by atoms with Gasteiger partial charge in [0, 0.05) is 11.3 Å². The second-order valence-corrected chi connectivity index (χ2v) is 6.48. The smallest absolute Gasteiger partial charge is 0.278 e. The Morgan fingerprint density at radius 2 is 1.81 bits per heavy atom. The summed E-state index contributed by atoms with van der Waals surface area (Å²) in [6.45, 7) is 1.95. The minimum absolute atomic E-state index is 0.0336. The SMILES string of the molecule is Cc1ccc(-c2nnc(SCC(=O)Nc3ccc(F)cc3)[nH]c2=O)cc1. The van der Waals surface area contributed by atoms with Crippen LogP contribution < -0.4 is 10.9 Å². The Labute approximate surface area is 152 Å². The van der Waals surface area contributed by atoms with Crippen molar-refractivity contribution in [3.8, 4) is 11.3 Å². The van der Waals surface area contributed by atoms with E-state index in [1.807, 2.05) is 19.1 Å². The van der Waals surface area contributed by atoms with Gasteiger partial charge in [0.05, 0.1) is 5.75 Å². The number of hydrogen-bond acceptors (Lipinski definition) is 5. The normalized spacial score (nSPS) is 10.5. The summed E-state index contributed by atoms with van der Waals surface area (Å²) in [6, 6.07) is 12.8. The van der Waals surface area contributed by atoms with Crippen LogP contribution in [-0.4, -0.2) is 26.8 Å². The van der Waals surface area contributed by atoms with E-state index in [1.165, 1.54) is 24.3 Å². The Kier molecular flexibility index (Phi) is 5.43. The molecule has 0 radical (unpaired) electrons. The van der Waals surface area contributed by atoms with Gasteiger partial charge in [0.1, 0.15) is 5.82 Å². The van der Waals surface area contributed by atoms with Crippen LogP contribution in [0.1, 0.15) is 5.56 Å². The lowest BCUT2D eigenvalue weighted by Gasteiger charge is -2.05. The van der Waals surface area contributed by atoms with Crippen LogP contribution >= 0.6 is 11.8 Å². The van der Waals surface area contributed by atoms with E-state index in [-0.39, 0.29) is 33.9 Å². The lowest BCUT2D eigenvalue weighted by Crippen LogP contribution is -2.17. The van der Waals surface area contributed by atoms with E-state index < -0.39 is 0 Å². The van der Waals surface area contributed by atoms with Gasteiger partial charge < -0.3 is 5.32 Å². The highest BCUT2D eigenvalue weighted by atomic mass is 32.2. The van der Waals surface area contributed by atoms with Crippen LogP contribution in [0.25, 0.3) is 11.3 Å². The number of halogens is 1. The van der Waals surface area contributed by atoms with Crippen LogP contribution in [0.15, 0.2) is 58.5 Å². The molecular weight excluding hydrogens is 355 g/mol. The van der Waals surface area contributed by atoms with Crippen LogP contribution in [0.4, 0.5) is 10.1 Å². The van der Waals surface area contributed by atoms with E-state index >= 15 is 0 Å². The van der Waals surface area contributed by atoms with Crippen molar-refractivity contribution < 1.29 is 9.18 Å². The van der Waals surface area contributed by atoms with Crippen LogP contribution in [-0.2, 0) is 4.79 Å². The van der Waals surface area contributed by atoms with E-state index in [4.69, 9.17) is 0 Å². The molecule has 6 nitrogen and oxygen atoms in total. The first-order valence-electron chi connectivity index (χ1n) is 7.73. The molecule has 0 aliphatic heterocycles.